The van der Waals surface area contributed by atoms with Crippen molar-refractivity contribution in [3.05, 3.63) is 42.0 Å². The van der Waals surface area contributed by atoms with E-state index in [0.29, 0.717) is 49.9 Å². The molecule has 0 radical (unpaired) electrons. The molecule has 0 fully saturated rings. The zero-order valence-corrected chi connectivity index (χ0v) is 28.1. The van der Waals surface area contributed by atoms with Gasteiger partial charge < -0.3 is 42.6 Å². The summed E-state index contributed by atoms with van der Waals surface area (Å²) in [6.45, 7) is 20.0. The molecule has 0 saturated carbocycles. The van der Waals surface area contributed by atoms with E-state index in [0.717, 1.165) is 0 Å². The van der Waals surface area contributed by atoms with Crippen LogP contribution in [0.5, 0.6) is 5.75 Å². The molecule has 0 N–H and O–H groups in total. The van der Waals surface area contributed by atoms with Crippen molar-refractivity contribution in [2.24, 2.45) is 5.41 Å². The summed E-state index contributed by atoms with van der Waals surface area (Å²) < 4.78 is 49.1. The summed E-state index contributed by atoms with van der Waals surface area (Å²) in [6.07, 6.45) is -1.10. The molecule has 0 saturated heterocycles. The van der Waals surface area contributed by atoms with Gasteiger partial charge in [0.1, 0.15) is 31.2 Å². The van der Waals surface area contributed by atoms with Crippen LogP contribution in [0.3, 0.4) is 0 Å². The molecule has 0 spiro atoms. The molecule has 12 nitrogen and oxygen atoms in total. The van der Waals surface area contributed by atoms with Gasteiger partial charge in [-0.1, -0.05) is 6.58 Å². The summed E-state index contributed by atoms with van der Waals surface area (Å²) in [5.41, 5.74) is -0.858. The van der Waals surface area contributed by atoms with Crippen LogP contribution in [0.2, 0.25) is 0 Å². The van der Waals surface area contributed by atoms with Gasteiger partial charge in [-0.2, -0.15) is 0 Å². The van der Waals surface area contributed by atoms with E-state index < -0.39 is 29.6 Å². The maximum Gasteiger partial charge on any atom is 0.333 e. The quantitative estimate of drug-likeness (QED) is 0.0517. The van der Waals surface area contributed by atoms with Crippen LogP contribution in [0.15, 0.2) is 36.4 Å². The number of carbonyl (C=O) groups excluding carboxylic acids is 3. The summed E-state index contributed by atoms with van der Waals surface area (Å²) in [7, 11) is 0. The second-order valence-electron chi connectivity index (χ2n) is 11.6. The molecule has 0 aliphatic heterocycles. The molecular formula is C33H52O12. The normalized spacial score (nSPS) is 13.2. The lowest BCUT2D eigenvalue weighted by Gasteiger charge is -2.28. The van der Waals surface area contributed by atoms with Gasteiger partial charge in [0.15, 0.2) is 18.4 Å². The summed E-state index contributed by atoms with van der Waals surface area (Å²) in [5, 5.41) is 0. The molecule has 0 amide bonds. The smallest absolute Gasteiger partial charge is 0.333 e. The molecule has 0 aromatic heterocycles. The summed E-state index contributed by atoms with van der Waals surface area (Å²) >= 11 is 0. The number of benzene rings is 1. The molecule has 1 rings (SSSR count). The van der Waals surface area contributed by atoms with Crippen LogP contribution in [0, 0.1) is 5.41 Å². The first kappa shape index (κ1) is 40.2. The average molecular weight is 641 g/mol. The van der Waals surface area contributed by atoms with Crippen LogP contribution in [0.1, 0.15) is 65.7 Å². The number of Topliss-reactive ketones (excluding diaryl/α,β-unsaturated/α-hetero) is 1. The summed E-state index contributed by atoms with van der Waals surface area (Å²) in [6, 6.07) is 6.79. The topological polar surface area (TPSA) is 134 Å². The molecule has 1 aromatic rings. The standard InChI is InChI=1S/C33H52O12/c1-24(2)30(35)43-20-16-37-14-18-39-25(3)40-22-23-42-28-12-10-27(11-13-28)29(34)33(8,9)45-26(4)41-19-15-38-17-21-44-31(36)32(5,6)7/h10-13,25-26H,1,14-23H2,2-9H3. The zero-order valence-electron chi connectivity index (χ0n) is 28.1. The fraction of sp³-hybridized carbons (Fsp3) is 0.667. The van der Waals surface area contributed by atoms with E-state index in [1.54, 1.807) is 79.7 Å². The molecule has 0 aliphatic rings. The highest BCUT2D eigenvalue weighted by Gasteiger charge is 2.32. The van der Waals surface area contributed by atoms with Gasteiger partial charge in [0.2, 0.25) is 0 Å². The third-order valence-corrected chi connectivity index (χ3v) is 5.87. The van der Waals surface area contributed by atoms with Gasteiger partial charge in [-0.25, -0.2) is 4.79 Å². The van der Waals surface area contributed by atoms with Gasteiger partial charge in [-0.3, -0.25) is 9.59 Å². The van der Waals surface area contributed by atoms with E-state index in [2.05, 4.69) is 6.58 Å². The predicted molar refractivity (Wildman–Crippen MR) is 166 cm³/mol. The van der Waals surface area contributed by atoms with E-state index in [9.17, 15) is 14.4 Å². The van der Waals surface area contributed by atoms with Crippen molar-refractivity contribution in [3.63, 3.8) is 0 Å². The zero-order chi connectivity index (χ0) is 33.9. The number of ketones is 1. The Bertz CT molecular complexity index is 1030. The van der Waals surface area contributed by atoms with E-state index in [-0.39, 0.29) is 44.8 Å². The number of esters is 2. The van der Waals surface area contributed by atoms with E-state index in [4.69, 9.17) is 42.6 Å². The second kappa shape index (κ2) is 21.0. The maximum atomic E-state index is 13.1. The first-order chi connectivity index (χ1) is 21.1. The molecule has 12 heteroatoms. The molecule has 45 heavy (non-hydrogen) atoms. The largest absolute Gasteiger partial charge is 0.491 e. The SMILES string of the molecule is C=C(C)C(=O)OCCOCCOC(C)OCCOc1ccc(C(=O)C(C)(C)OC(C)OCCOCCOC(=O)C(C)(C)C)cc1. The Balaban J connectivity index is 2.23. The van der Waals surface area contributed by atoms with Gasteiger partial charge in [0.05, 0.1) is 51.7 Å². The van der Waals surface area contributed by atoms with Gasteiger partial charge in [-0.15, -0.1) is 0 Å². The van der Waals surface area contributed by atoms with E-state index in [1.807, 2.05) is 0 Å². The first-order valence-corrected chi connectivity index (χ1v) is 15.1. The highest BCUT2D eigenvalue weighted by molar-refractivity contribution is 6.02. The van der Waals surface area contributed by atoms with E-state index >= 15 is 0 Å². The number of ether oxygens (including phenoxy) is 9. The number of carbonyl (C=O) groups is 3. The fourth-order valence-electron chi connectivity index (χ4n) is 3.45. The van der Waals surface area contributed by atoms with Gasteiger partial charge >= 0.3 is 11.9 Å². The molecule has 2 atom stereocenters. The molecule has 1 aromatic carbocycles. The van der Waals surface area contributed by atoms with Crippen LogP contribution in [0.25, 0.3) is 0 Å². The third-order valence-electron chi connectivity index (χ3n) is 5.87. The van der Waals surface area contributed by atoms with Crippen molar-refractivity contribution >= 4 is 17.7 Å². The lowest BCUT2D eigenvalue weighted by molar-refractivity contribution is -0.181. The van der Waals surface area contributed by atoms with Crippen LogP contribution < -0.4 is 4.74 Å². The van der Waals surface area contributed by atoms with Crippen molar-refractivity contribution in [3.8, 4) is 5.75 Å². The van der Waals surface area contributed by atoms with Crippen LogP contribution in [-0.2, 0) is 47.5 Å². The summed E-state index contributed by atoms with van der Waals surface area (Å²) in [4.78, 5) is 36.1. The Hall–Kier alpha value is -2.87. The predicted octanol–water partition coefficient (Wildman–Crippen LogP) is 4.53. The fourth-order valence-corrected chi connectivity index (χ4v) is 3.45. The lowest BCUT2D eigenvalue weighted by Crippen LogP contribution is -2.39. The number of rotatable bonds is 24. The van der Waals surface area contributed by atoms with Crippen LogP contribution in [-0.4, -0.2) is 102 Å². The minimum Gasteiger partial charge on any atom is -0.491 e. The molecule has 2 unspecified atom stereocenters. The lowest BCUT2D eigenvalue weighted by atomic mass is 9.96. The Morgan fingerprint density at radius 3 is 1.71 bits per heavy atom. The van der Waals surface area contributed by atoms with Crippen molar-refractivity contribution < 1.29 is 57.0 Å². The first-order valence-electron chi connectivity index (χ1n) is 15.1. The third kappa shape index (κ3) is 18.0. The van der Waals surface area contributed by atoms with Crippen molar-refractivity contribution in [2.45, 2.75) is 73.6 Å². The molecule has 0 bridgehead atoms. The maximum absolute atomic E-state index is 13.1. The highest BCUT2D eigenvalue weighted by atomic mass is 16.7. The highest BCUT2D eigenvalue weighted by Crippen LogP contribution is 2.22. The minimum atomic E-state index is -1.13. The number of hydrogen-bond donors (Lipinski definition) is 0. The monoisotopic (exact) mass is 640 g/mol. The second-order valence-corrected chi connectivity index (χ2v) is 11.6. The van der Waals surface area contributed by atoms with Crippen molar-refractivity contribution in [1.82, 2.24) is 0 Å². The summed E-state index contributed by atoms with van der Waals surface area (Å²) in [5.74, 6) is -0.331. The van der Waals surface area contributed by atoms with Gasteiger partial charge in [0.25, 0.3) is 0 Å². The molecular weight excluding hydrogens is 588 g/mol. The van der Waals surface area contributed by atoms with Gasteiger partial charge in [0, 0.05) is 11.1 Å². The van der Waals surface area contributed by atoms with Crippen molar-refractivity contribution in [1.29, 1.82) is 0 Å². The van der Waals surface area contributed by atoms with Crippen molar-refractivity contribution in [2.75, 3.05) is 66.1 Å². The molecule has 0 heterocycles. The van der Waals surface area contributed by atoms with Crippen LogP contribution in [0.4, 0.5) is 0 Å². The molecule has 0 aliphatic carbocycles. The Labute approximate surface area is 267 Å². The Morgan fingerprint density at radius 1 is 0.689 bits per heavy atom. The average Bonchev–Trinajstić information content (AvgIpc) is 2.97. The Kier molecular flexibility index (Phi) is 18.8. The Morgan fingerprint density at radius 2 is 1.18 bits per heavy atom. The van der Waals surface area contributed by atoms with Crippen LogP contribution >= 0.6 is 0 Å². The van der Waals surface area contributed by atoms with E-state index in [1.165, 1.54) is 0 Å². The number of hydrogen-bond acceptors (Lipinski definition) is 12. The molecule has 256 valence electrons. The minimum absolute atomic E-state index is 0.155. The van der Waals surface area contributed by atoms with Gasteiger partial charge in [-0.05, 0) is 79.7 Å².